The predicted molar refractivity (Wildman–Crippen MR) is 104 cm³/mol. The van der Waals surface area contributed by atoms with Gasteiger partial charge in [0.05, 0.1) is 6.10 Å². The van der Waals surface area contributed by atoms with Crippen LogP contribution >= 0.6 is 0 Å². The van der Waals surface area contributed by atoms with Gasteiger partial charge < -0.3 is 20.1 Å². The molecule has 3 rings (SSSR count). The maximum absolute atomic E-state index is 10.7. The summed E-state index contributed by atoms with van der Waals surface area (Å²) >= 11 is -2.41. The molecule has 0 spiro atoms. The first-order chi connectivity index (χ1) is 12.9. The van der Waals surface area contributed by atoms with Crippen molar-refractivity contribution in [2.45, 2.75) is 44.4 Å². The molecule has 2 aromatic rings. The number of phenols is 1. The fraction of sp³-hybridized carbons (Fsp3) is 0.400. The third-order valence-corrected chi connectivity index (χ3v) is 5.77. The number of nitrogens with one attached hydrogen (secondary N) is 2. The molecule has 7 heteroatoms. The van der Waals surface area contributed by atoms with Crippen LogP contribution in [-0.2, 0) is 30.7 Å². The van der Waals surface area contributed by atoms with Crippen LogP contribution in [0.15, 0.2) is 42.5 Å². The number of aromatic hydroxyl groups is 1. The van der Waals surface area contributed by atoms with Crippen molar-refractivity contribution in [1.82, 2.24) is 10.0 Å². The van der Waals surface area contributed by atoms with Crippen LogP contribution in [0.4, 0.5) is 0 Å². The Morgan fingerprint density at radius 3 is 2.48 bits per heavy atom. The number of aliphatic hydroxyl groups is 1. The molecule has 1 aliphatic carbocycles. The van der Waals surface area contributed by atoms with Crippen LogP contribution in [0.5, 0.6) is 5.75 Å². The molecule has 2 aromatic carbocycles. The van der Waals surface area contributed by atoms with E-state index in [0.29, 0.717) is 17.7 Å². The van der Waals surface area contributed by atoms with Gasteiger partial charge in [-0.2, -0.15) is 0 Å². The third kappa shape index (κ3) is 4.75. The fourth-order valence-corrected chi connectivity index (χ4v) is 3.99. The van der Waals surface area contributed by atoms with Crippen LogP contribution < -0.4 is 10.0 Å². The highest BCUT2D eigenvalue weighted by atomic mass is 32.2. The first kappa shape index (κ1) is 20.0. The van der Waals surface area contributed by atoms with E-state index >= 15 is 0 Å². The van der Waals surface area contributed by atoms with E-state index in [1.54, 1.807) is 12.1 Å². The average Bonchev–Trinajstić information content (AvgIpc) is 3.04. The van der Waals surface area contributed by atoms with E-state index in [1.807, 2.05) is 0 Å². The molecule has 0 saturated heterocycles. The van der Waals surface area contributed by atoms with Crippen LogP contribution in [0.1, 0.15) is 41.7 Å². The summed E-state index contributed by atoms with van der Waals surface area (Å²) in [5.74, 6) is -0.00636. The summed E-state index contributed by atoms with van der Waals surface area (Å²) in [5, 5.41) is 24.0. The lowest BCUT2D eigenvalue weighted by Gasteiger charge is -2.30. The third-order valence-electron chi connectivity index (χ3n) is 5.39. The van der Waals surface area contributed by atoms with E-state index < -0.39 is 17.4 Å². The lowest BCUT2D eigenvalue weighted by molar-refractivity contribution is 0.155. The number of benzene rings is 2. The Hall–Kier alpha value is -1.77. The van der Waals surface area contributed by atoms with Gasteiger partial charge in [0.15, 0.2) is 0 Å². The van der Waals surface area contributed by atoms with Crippen LogP contribution in [0, 0.1) is 0 Å². The summed E-state index contributed by atoms with van der Waals surface area (Å²) in [6.45, 7) is 2.51. The van der Waals surface area contributed by atoms with Gasteiger partial charge in [0.1, 0.15) is 5.75 Å². The Balaban J connectivity index is 1.66. The van der Waals surface area contributed by atoms with Crippen molar-refractivity contribution in [2.75, 3.05) is 6.54 Å². The predicted octanol–water partition coefficient (Wildman–Crippen LogP) is 1.85. The molecule has 2 atom stereocenters. The van der Waals surface area contributed by atoms with Gasteiger partial charge in [-0.3, -0.25) is 4.21 Å². The summed E-state index contributed by atoms with van der Waals surface area (Å²) in [6.07, 6.45) is 2.07. The zero-order chi connectivity index (χ0) is 19.4. The summed E-state index contributed by atoms with van der Waals surface area (Å²) in [7, 11) is 0. The molecule has 0 heterocycles. The molecule has 1 aliphatic rings. The van der Waals surface area contributed by atoms with Crippen LogP contribution in [0.3, 0.4) is 0 Å². The molecule has 0 fully saturated rings. The van der Waals surface area contributed by atoms with Gasteiger partial charge in [0, 0.05) is 35.5 Å². The van der Waals surface area contributed by atoms with Gasteiger partial charge in [-0.1, -0.05) is 37.3 Å². The number of β-amino-alcohol motifs (C(OH)–C–C–N with tert-alkyl or cyclic N) is 1. The maximum Gasteiger partial charge on any atom is 0.120 e. The second-order valence-electron chi connectivity index (χ2n) is 7.10. The molecule has 6 nitrogen and oxygen atoms in total. The topological polar surface area (TPSA) is 105 Å². The van der Waals surface area contributed by atoms with Crippen molar-refractivity contribution in [1.29, 1.82) is 0 Å². The van der Waals surface area contributed by atoms with E-state index in [2.05, 4.69) is 41.2 Å². The maximum atomic E-state index is 10.7. The van der Waals surface area contributed by atoms with E-state index in [9.17, 15) is 19.0 Å². The van der Waals surface area contributed by atoms with Crippen molar-refractivity contribution in [3.05, 3.63) is 64.7 Å². The molecule has 0 aromatic heterocycles. The number of hydrogen-bond acceptors (Lipinski definition) is 5. The molecular weight excluding hydrogens is 364 g/mol. The summed E-state index contributed by atoms with van der Waals surface area (Å²) in [6, 6.07) is 13.2. The molecule has 0 saturated carbocycles. The molecule has 0 amide bonds. The Morgan fingerprint density at radius 1 is 1.22 bits per heavy atom. The monoisotopic (exact) mass is 389 g/mol. The number of aliphatic hydroxyl groups excluding tert-OH is 1. The largest absolute Gasteiger partial charge is 0.760 e. The molecule has 4 N–H and O–H groups in total. The molecule has 0 radical (unpaired) electrons. The Morgan fingerprint density at radius 2 is 1.89 bits per heavy atom. The second-order valence-corrected chi connectivity index (χ2v) is 7.85. The Labute approximate surface area is 162 Å². The van der Waals surface area contributed by atoms with Crippen molar-refractivity contribution in [3.63, 3.8) is 0 Å². The SMILES string of the molecule is CCC1(NCC(O)c2ccc(O)c(CNS(=O)[O-])c2)Cc2ccccc2C1. The second kappa shape index (κ2) is 8.50. The minimum absolute atomic E-state index is 0.00636. The first-order valence-corrected chi connectivity index (χ1v) is 10.1. The molecular formula is C20H25N2O4S-. The van der Waals surface area contributed by atoms with Crippen LogP contribution in [0.2, 0.25) is 0 Å². The van der Waals surface area contributed by atoms with E-state index in [0.717, 1.165) is 19.3 Å². The van der Waals surface area contributed by atoms with Crippen LogP contribution in [0.25, 0.3) is 0 Å². The van der Waals surface area contributed by atoms with E-state index in [-0.39, 0.29) is 17.8 Å². The molecule has 27 heavy (non-hydrogen) atoms. The zero-order valence-corrected chi connectivity index (χ0v) is 16.1. The minimum Gasteiger partial charge on any atom is -0.760 e. The Bertz CT molecular complexity index is 802. The lowest BCUT2D eigenvalue weighted by Crippen LogP contribution is -2.47. The van der Waals surface area contributed by atoms with Crippen molar-refractivity contribution < 1.29 is 19.0 Å². The molecule has 146 valence electrons. The highest BCUT2D eigenvalue weighted by Gasteiger charge is 2.35. The van der Waals surface area contributed by atoms with Crippen molar-refractivity contribution >= 4 is 11.3 Å². The molecule has 0 bridgehead atoms. The van der Waals surface area contributed by atoms with Crippen LogP contribution in [-0.4, -0.2) is 31.1 Å². The van der Waals surface area contributed by atoms with Crippen molar-refractivity contribution in [3.8, 4) is 5.75 Å². The van der Waals surface area contributed by atoms with Gasteiger partial charge >= 0.3 is 0 Å². The highest BCUT2D eigenvalue weighted by molar-refractivity contribution is 7.77. The number of phenolic OH excluding ortho intramolecular Hbond substituents is 1. The number of fused-ring (bicyclic) bond motifs is 1. The minimum atomic E-state index is -2.41. The quantitative estimate of drug-likeness (QED) is 0.516. The fourth-order valence-electron chi connectivity index (χ4n) is 3.72. The van der Waals surface area contributed by atoms with Gasteiger partial charge in [0.2, 0.25) is 0 Å². The number of hydrogen-bond donors (Lipinski definition) is 4. The van der Waals surface area contributed by atoms with Gasteiger partial charge in [0.25, 0.3) is 0 Å². The van der Waals surface area contributed by atoms with Gasteiger partial charge in [-0.05, 0) is 48.1 Å². The summed E-state index contributed by atoms with van der Waals surface area (Å²) in [5.41, 5.74) is 3.70. The standard InChI is InChI=1S/C20H26N2O4S/c1-2-20(10-15-5-3-4-6-16(15)11-20)21-13-19(24)14-7-8-18(23)17(9-14)12-22-27(25)26/h3-9,19,21-24H,2,10-13H2,1H3,(H,25,26)/p-1. The molecule has 2 unspecified atom stereocenters. The summed E-state index contributed by atoms with van der Waals surface area (Å²) < 4.78 is 23.6. The van der Waals surface area contributed by atoms with E-state index in [1.165, 1.54) is 17.2 Å². The van der Waals surface area contributed by atoms with Gasteiger partial charge in [-0.25, -0.2) is 4.72 Å². The number of rotatable bonds is 8. The van der Waals surface area contributed by atoms with Crippen molar-refractivity contribution in [2.24, 2.45) is 0 Å². The Kier molecular flexibility index (Phi) is 6.29. The zero-order valence-electron chi connectivity index (χ0n) is 15.3. The van der Waals surface area contributed by atoms with E-state index in [4.69, 9.17) is 0 Å². The van der Waals surface area contributed by atoms with Gasteiger partial charge in [-0.15, -0.1) is 0 Å². The average molecular weight is 389 g/mol. The lowest BCUT2D eigenvalue weighted by atomic mass is 9.92. The molecule has 0 aliphatic heterocycles. The summed E-state index contributed by atoms with van der Waals surface area (Å²) in [4.78, 5) is 0. The first-order valence-electron chi connectivity index (χ1n) is 9.07. The highest BCUT2D eigenvalue weighted by Crippen LogP contribution is 2.33. The normalized spacial score (nSPS) is 17.4. The smallest absolute Gasteiger partial charge is 0.120 e.